The Hall–Kier alpha value is -2.86. The van der Waals surface area contributed by atoms with Gasteiger partial charge < -0.3 is 19.5 Å². The van der Waals surface area contributed by atoms with Gasteiger partial charge in [0, 0.05) is 6.42 Å². The van der Waals surface area contributed by atoms with Crippen LogP contribution in [0.5, 0.6) is 5.75 Å². The number of hydrogen-bond acceptors (Lipinski definition) is 4. The Bertz CT molecular complexity index is 886. The fourth-order valence-electron chi connectivity index (χ4n) is 2.89. The third kappa shape index (κ3) is 4.03. The lowest BCUT2D eigenvalue weighted by Crippen LogP contribution is -2.24. The maximum Gasteiger partial charge on any atom is 0.335 e. The van der Waals surface area contributed by atoms with Gasteiger partial charge in [-0.05, 0) is 42.8 Å². The smallest absolute Gasteiger partial charge is 0.335 e. The van der Waals surface area contributed by atoms with E-state index >= 15 is 0 Å². The van der Waals surface area contributed by atoms with E-state index in [1.165, 1.54) is 12.1 Å². The molecule has 6 nitrogen and oxygen atoms in total. The predicted molar refractivity (Wildman–Crippen MR) is 98.6 cm³/mol. The van der Waals surface area contributed by atoms with E-state index in [9.17, 15) is 9.90 Å². The Balaban J connectivity index is 1.68. The first kappa shape index (κ1) is 17.9. The lowest BCUT2D eigenvalue weighted by Gasteiger charge is -2.15. The number of ether oxygens (including phenoxy) is 1. The molecular weight excluding hydrogens is 332 g/mol. The number of carbonyl (C=O) groups is 1. The van der Waals surface area contributed by atoms with E-state index in [0.29, 0.717) is 12.3 Å². The van der Waals surface area contributed by atoms with Crippen molar-refractivity contribution in [3.63, 3.8) is 0 Å². The van der Waals surface area contributed by atoms with Crippen molar-refractivity contribution in [2.45, 2.75) is 32.4 Å². The zero-order valence-electron chi connectivity index (χ0n) is 14.6. The number of nitrogens with zero attached hydrogens (tertiary/aromatic N) is 2. The second-order valence-electron chi connectivity index (χ2n) is 6.17. The summed E-state index contributed by atoms with van der Waals surface area (Å²) in [7, 11) is 0. The maximum absolute atomic E-state index is 10.9. The fourth-order valence-corrected chi connectivity index (χ4v) is 2.89. The Morgan fingerprint density at radius 1 is 1.19 bits per heavy atom. The van der Waals surface area contributed by atoms with Gasteiger partial charge in [-0.25, -0.2) is 9.78 Å². The second-order valence-corrected chi connectivity index (χ2v) is 6.17. The van der Waals surface area contributed by atoms with E-state index in [0.717, 1.165) is 29.7 Å². The van der Waals surface area contributed by atoms with Crippen LogP contribution in [0.3, 0.4) is 0 Å². The number of carboxylic acids is 1. The standard InChI is InChI=1S/C20H22N2O4/c1-2-5-19-21-17-6-3-4-7-18(17)22(19)12-15(23)13-26-16-10-8-14(9-11-16)20(24)25/h3-4,6-11,15,23H,2,5,12-13H2,1H3,(H,24,25). The molecule has 3 rings (SSSR count). The van der Waals surface area contributed by atoms with E-state index in [1.54, 1.807) is 12.1 Å². The monoisotopic (exact) mass is 354 g/mol. The summed E-state index contributed by atoms with van der Waals surface area (Å²) < 4.78 is 7.63. The first-order valence-electron chi connectivity index (χ1n) is 8.67. The van der Waals surface area contributed by atoms with Crippen LogP contribution in [0.1, 0.15) is 29.5 Å². The van der Waals surface area contributed by atoms with E-state index in [4.69, 9.17) is 9.84 Å². The molecule has 0 aliphatic heterocycles. The van der Waals surface area contributed by atoms with Crippen molar-refractivity contribution in [1.82, 2.24) is 9.55 Å². The van der Waals surface area contributed by atoms with E-state index in [1.807, 2.05) is 28.8 Å². The number of aromatic carboxylic acids is 1. The van der Waals surface area contributed by atoms with Crippen LogP contribution in [0.2, 0.25) is 0 Å². The Kier molecular flexibility index (Phi) is 5.53. The minimum Gasteiger partial charge on any atom is -0.491 e. The summed E-state index contributed by atoms with van der Waals surface area (Å²) in [5.74, 6) is 0.504. The molecule has 6 heteroatoms. The zero-order valence-corrected chi connectivity index (χ0v) is 14.6. The fraction of sp³-hybridized carbons (Fsp3) is 0.300. The number of aliphatic hydroxyl groups excluding tert-OH is 1. The molecule has 1 unspecified atom stereocenters. The minimum atomic E-state index is -0.980. The van der Waals surface area contributed by atoms with Gasteiger partial charge in [-0.15, -0.1) is 0 Å². The molecule has 0 aliphatic rings. The molecule has 0 saturated carbocycles. The van der Waals surface area contributed by atoms with Gasteiger partial charge in [-0.2, -0.15) is 0 Å². The number of aryl methyl sites for hydroxylation is 1. The predicted octanol–water partition coefficient (Wildman–Crippen LogP) is 3.13. The highest BCUT2D eigenvalue weighted by molar-refractivity contribution is 5.87. The molecule has 0 aliphatic carbocycles. The van der Waals surface area contributed by atoms with Crippen molar-refractivity contribution in [1.29, 1.82) is 0 Å². The summed E-state index contributed by atoms with van der Waals surface area (Å²) in [6.45, 7) is 2.61. The van der Waals surface area contributed by atoms with Gasteiger partial charge in [0.15, 0.2) is 0 Å². The number of rotatable bonds is 8. The normalized spacial score (nSPS) is 12.2. The summed E-state index contributed by atoms with van der Waals surface area (Å²) in [6.07, 6.45) is 1.12. The van der Waals surface area contributed by atoms with Crippen molar-refractivity contribution in [2.24, 2.45) is 0 Å². The number of imidazole rings is 1. The Morgan fingerprint density at radius 2 is 1.92 bits per heavy atom. The van der Waals surface area contributed by atoms with Crippen LogP contribution in [0.4, 0.5) is 0 Å². The second kappa shape index (κ2) is 8.01. The highest BCUT2D eigenvalue weighted by atomic mass is 16.5. The lowest BCUT2D eigenvalue weighted by atomic mass is 10.2. The van der Waals surface area contributed by atoms with Crippen LogP contribution < -0.4 is 4.74 Å². The molecule has 0 amide bonds. The van der Waals surface area contributed by atoms with Crippen LogP contribution in [0, 0.1) is 0 Å². The molecule has 0 saturated heterocycles. The SMILES string of the molecule is CCCc1nc2ccccc2n1CC(O)COc1ccc(C(=O)O)cc1. The van der Waals surface area contributed by atoms with Gasteiger partial charge in [0.2, 0.25) is 0 Å². The summed E-state index contributed by atoms with van der Waals surface area (Å²) in [5.41, 5.74) is 2.13. The number of aromatic nitrogens is 2. The van der Waals surface area contributed by atoms with Crippen LogP contribution in [-0.2, 0) is 13.0 Å². The van der Waals surface area contributed by atoms with Crippen LogP contribution in [0.25, 0.3) is 11.0 Å². The molecule has 0 spiro atoms. The topological polar surface area (TPSA) is 84.6 Å². The highest BCUT2D eigenvalue weighted by Crippen LogP contribution is 2.18. The lowest BCUT2D eigenvalue weighted by molar-refractivity contribution is 0.0696. The first-order chi connectivity index (χ1) is 12.6. The van der Waals surface area contributed by atoms with Gasteiger partial charge in [0.1, 0.15) is 24.3 Å². The van der Waals surface area contributed by atoms with Crippen molar-refractivity contribution in [2.75, 3.05) is 6.61 Å². The van der Waals surface area contributed by atoms with Gasteiger partial charge >= 0.3 is 5.97 Å². The minimum absolute atomic E-state index is 0.116. The van der Waals surface area contributed by atoms with Crippen molar-refractivity contribution < 1.29 is 19.7 Å². The van der Waals surface area contributed by atoms with Gasteiger partial charge in [0.25, 0.3) is 0 Å². The van der Waals surface area contributed by atoms with Gasteiger partial charge in [0.05, 0.1) is 23.1 Å². The Morgan fingerprint density at radius 3 is 2.62 bits per heavy atom. The van der Waals surface area contributed by atoms with Gasteiger partial charge in [-0.1, -0.05) is 19.1 Å². The van der Waals surface area contributed by atoms with Crippen molar-refractivity contribution >= 4 is 17.0 Å². The molecule has 3 aromatic rings. The number of benzene rings is 2. The summed E-state index contributed by atoms with van der Waals surface area (Å²) in [5, 5.41) is 19.3. The number of fused-ring (bicyclic) bond motifs is 1. The highest BCUT2D eigenvalue weighted by Gasteiger charge is 2.14. The molecule has 2 aromatic carbocycles. The van der Waals surface area contributed by atoms with Crippen molar-refractivity contribution in [3.8, 4) is 5.75 Å². The molecule has 2 N–H and O–H groups in total. The molecular formula is C20H22N2O4. The van der Waals surface area contributed by atoms with Gasteiger partial charge in [-0.3, -0.25) is 0 Å². The Labute approximate surface area is 151 Å². The zero-order chi connectivity index (χ0) is 18.5. The summed E-state index contributed by atoms with van der Waals surface area (Å²) >= 11 is 0. The van der Waals surface area contributed by atoms with E-state index in [2.05, 4.69) is 11.9 Å². The molecule has 136 valence electrons. The van der Waals surface area contributed by atoms with Crippen LogP contribution in [-0.4, -0.2) is 38.4 Å². The molecule has 1 heterocycles. The number of para-hydroxylation sites is 2. The molecule has 26 heavy (non-hydrogen) atoms. The number of carboxylic acid groups (broad SMARTS) is 1. The third-order valence-electron chi connectivity index (χ3n) is 4.14. The number of hydrogen-bond donors (Lipinski definition) is 2. The number of aliphatic hydroxyl groups is 1. The molecule has 1 atom stereocenters. The summed E-state index contributed by atoms with van der Waals surface area (Å²) in [4.78, 5) is 15.5. The molecule has 0 radical (unpaired) electrons. The molecule has 0 fully saturated rings. The molecule has 0 bridgehead atoms. The third-order valence-corrected chi connectivity index (χ3v) is 4.14. The van der Waals surface area contributed by atoms with E-state index in [-0.39, 0.29) is 12.2 Å². The average Bonchev–Trinajstić information content (AvgIpc) is 2.98. The molecule has 1 aromatic heterocycles. The maximum atomic E-state index is 10.9. The largest absolute Gasteiger partial charge is 0.491 e. The van der Waals surface area contributed by atoms with E-state index < -0.39 is 12.1 Å². The quantitative estimate of drug-likeness (QED) is 0.649. The van der Waals surface area contributed by atoms with Crippen LogP contribution in [0.15, 0.2) is 48.5 Å². The summed E-state index contributed by atoms with van der Waals surface area (Å²) in [6, 6.07) is 14.0. The van der Waals surface area contributed by atoms with Crippen molar-refractivity contribution in [3.05, 3.63) is 59.9 Å². The first-order valence-corrected chi connectivity index (χ1v) is 8.67. The van der Waals surface area contributed by atoms with Crippen LogP contribution >= 0.6 is 0 Å². The average molecular weight is 354 g/mol.